The molecular weight excluding hydrogens is 270 g/mol. The van der Waals surface area contributed by atoms with Gasteiger partial charge in [-0.05, 0) is 40.5 Å². The Labute approximate surface area is 127 Å². The molecule has 0 aromatic carbocycles. The van der Waals surface area contributed by atoms with Gasteiger partial charge in [-0.2, -0.15) is 0 Å². The lowest BCUT2D eigenvalue weighted by atomic mass is 9.98. The van der Waals surface area contributed by atoms with E-state index in [0.717, 1.165) is 19.4 Å². The van der Waals surface area contributed by atoms with Crippen molar-refractivity contribution >= 4 is 12.0 Å². The van der Waals surface area contributed by atoms with Crippen LogP contribution in [0.2, 0.25) is 0 Å². The molecule has 0 aliphatic heterocycles. The maximum atomic E-state index is 11.9. The smallest absolute Gasteiger partial charge is 0.329 e. The van der Waals surface area contributed by atoms with E-state index >= 15 is 0 Å². The molecule has 122 valence electrons. The molecule has 3 N–H and O–H groups in total. The number of amides is 2. The van der Waals surface area contributed by atoms with Crippen LogP contribution < -0.4 is 10.6 Å². The molecule has 0 aromatic heterocycles. The number of hydrogen-bond acceptors (Lipinski definition) is 3. The molecule has 0 radical (unpaired) electrons. The topological polar surface area (TPSA) is 81.7 Å². The number of hydrogen-bond donors (Lipinski definition) is 3. The minimum atomic E-state index is -1.07. The van der Waals surface area contributed by atoms with E-state index in [1.165, 1.54) is 0 Å². The second kappa shape index (κ2) is 7.64. The van der Waals surface area contributed by atoms with Crippen molar-refractivity contribution in [3.05, 3.63) is 0 Å². The third kappa shape index (κ3) is 4.88. The van der Waals surface area contributed by atoms with Crippen molar-refractivity contribution in [2.24, 2.45) is 0 Å². The highest BCUT2D eigenvalue weighted by Crippen LogP contribution is 2.29. The maximum absolute atomic E-state index is 11.9. The van der Waals surface area contributed by atoms with Gasteiger partial charge in [-0.1, -0.05) is 12.8 Å². The van der Waals surface area contributed by atoms with Crippen molar-refractivity contribution in [2.75, 3.05) is 13.1 Å². The molecule has 6 nitrogen and oxygen atoms in total. The molecule has 1 fully saturated rings. The highest BCUT2D eigenvalue weighted by molar-refractivity contribution is 5.86. The molecule has 1 saturated carbocycles. The number of nitrogens with one attached hydrogen (secondary N) is 2. The van der Waals surface area contributed by atoms with Gasteiger partial charge in [-0.3, -0.25) is 4.90 Å². The number of urea groups is 1. The minimum Gasteiger partial charge on any atom is -0.480 e. The van der Waals surface area contributed by atoms with Crippen LogP contribution in [0.1, 0.15) is 53.4 Å². The van der Waals surface area contributed by atoms with Crippen molar-refractivity contribution in [2.45, 2.75) is 71.0 Å². The summed E-state index contributed by atoms with van der Waals surface area (Å²) in [6.45, 7) is 9.76. The van der Waals surface area contributed by atoms with Crippen LogP contribution in [0.4, 0.5) is 4.79 Å². The van der Waals surface area contributed by atoms with E-state index < -0.39 is 11.5 Å². The molecule has 1 rings (SSSR count). The largest absolute Gasteiger partial charge is 0.480 e. The Bertz CT molecular complexity index is 355. The lowest BCUT2D eigenvalue weighted by Gasteiger charge is -2.31. The van der Waals surface area contributed by atoms with Crippen molar-refractivity contribution in [1.29, 1.82) is 0 Å². The molecule has 1 aliphatic carbocycles. The lowest BCUT2D eigenvalue weighted by Crippen LogP contribution is -2.56. The van der Waals surface area contributed by atoms with Crippen molar-refractivity contribution < 1.29 is 14.7 Å². The molecule has 21 heavy (non-hydrogen) atoms. The second-order valence-corrected chi connectivity index (χ2v) is 6.40. The molecule has 0 bridgehead atoms. The van der Waals surface area contributed by atoms with Gasteiger partial charge >= 0.3 is 12.0 Å². The molecule has 0 unspecified atom stereocenters. The molecule has 6 heteroatoms. The minimum absolute atomic E-state index is 0.383. The summed E-state index contributed by atoms with van der Waals surface area (Å²) >= 11 is 0. The quantitative estimate of drug-likeness (QED) is 0.669. The Morgan fingerprint density at radius 3 is 2.10 bits per heavy atom. The Morgan fingerprint density at radius 2 is 1.67 bits per heavy atom. The summed E-state index contributed by atoms with van der Waals surface area (Å²) in [5.74, 6) is -0.930. The SMILES string of the molecule is CC(C)N(CCNC(=O)NC1(C(=O)O)CCCC1)C(C)C. The molecule has 0 atom stereocenters. The van der Waals surface area contributed by atoms with Crippen LogP contribution >= 0.6 is 0 Å². The van der Waals surface area contributed by atoms with Crippen LogP contribution in [0.3, 0.4) is 0 Å². The van der Waals surface area contributed by atoms with E-state index in [2.05, 4.69) is 43.2 Å². The summed E-state index contributed by atoms with van der Waals surface area (Å²) in [7, 11) is 0. The molecular formula is C15H29N3O3. The van der Waals surface area contributed by atoms with Crippen LogP contribution in [0, 0.1) is 0 Å². The summed E-state index contributed by atoms with van der Waals surface area (Å²) in [4.78, 5) is 25.6. The second-order valence-electron chi connectivity index (χ2n) is 6.40. The third-order valence-corrected chi connectivity index (χ3v) is 4.20. The first kappa shape index (κ1) is 17.8. The van der Waals surface area contributed by atoms with Gasteiger partial charge in [0.15, 0.2) is 0 Å². The zero-order valence-corrected chi connectivity index (χ0v) is 13.6. The maximum Gasteiger partial charge on any atom is 0.329 e. The number of carboxylic acids is 1. The summed E-state index contributed by atoms with van der Waals surface area (Å²) < 4.78 is 0. The van der Waals surface area contributed by atoms with Gasteiger partial charge < -0.3 is 15.7 Å². The first-order valence-corrected chi connectivity index (χ1v) is 7.83. The van der Waals surface area contributed by atoms with Crippen molar-refractivity contribution in [3.63, 3.8) is 0 Å². The number of carbonyl (C=O) groups excluding carboxylic acids is 1. The molecule has 0 saturated heterocycles. The molecule has 0 aromatic rings. The fraction of sp³-hybridized carbons (Fsp3) is 0.867. The monoisotopic (exact) mass is 299 g/mol. The van der Waals surface area contributed by atoms with Gasteiger partial charge in [-0.15, -0.1) is 0 Å². The molecule has 0 spiro atoms. The van der Waals surface area contributed by atoms with Gasteiger partial charge in [0.1, 0.15) is 5.54 Å². The van der Waals surface area contributed by atoms with Crippen LogP contribution in [-0.2, 0) is 4.79 Å². The summed E-state index contributed by atoms with van der Waals surface area (Å²) in [6.07, 6.45) is 2.72. The van der Waals surface area contributed by atoms with Crippen molar-refractivity contribution in [1.82, 2.24) is 15.5 Å². The molecule has 2 amide bonds. The lowest BCUT2D eigenvalue weighted by molar-refractivity contribution is -0.144. The first-order valence-electron chi connectivity index (χ1n) is 7.83. The van der Waals surface area contributed by atoms with Gasteiger partial charge in [0.05, 0.1) is 0 Å². The van der Waals surface area contributed by atoms with E-state index in [9.17, 15) is 14.7 Å². The molecule has 1 aliphatic rings. The van der Waals surface area contributed by atoms with Crippen LogP contribution in [0.15, 0.2) is 0 Å². The number of carboxylic acid groups (broad SMARTS) is 1. The van der Waals surface area contributed by atoms with Crippen LogP contribution in [0.5, 0.6) is 0 Å². The number of rotatable bonds is 7. The number of carbonyl (C=O) groups is 2. The Hall–Kier alpha value is -1.30. The first-order chi connectivity index (χ1) is 9.78. The fourth-order valence-electron chi connectivity index (χ4n) is 3.04. The number of aliphatic carboxylic acids is 1. The van der Waals surface area contributed by atoms with Crippen LogP contribution in [-0.4, -0.2) is 52.7 Å². The normalized spacial score (nSPS) is 17.5. The van der Waals surface area contributed by atoms with Gasteiger partial charge in [0.2, 0.25) is 0 Å². The standard InChI is InChI=1S/C15H29N3O3/c1-11(2)18(12(3)4)10-9-16-14(21)17-15(13(19)20)7-5-6-8-15/h11-12H,5-10H2,1-4H3,(H,19,20)(H2,16,17,21). The van der Waals surface area contributed by atoms with Crippen molar-refractivity contribution in [3.8, 4) is 0 Å². The molecule has 0 heterocycles. The van der Waals surface area contributed by atoms with Gasteiger partial charge in [-0.25, -0.2) is 9.59 Å². The third-order valence-electron chi connectivity index (χ3n) is 4.20. The zero-order chi connectivity index (χ0) is 16.0. The summed E-state index contributed by atoms with van der Waals surface area (Å²) in [5, 5.41) is 14.8. The Balaban J connectivity index is 2.42. The summed E-state index contributed by atoms with van der Waals surface area (Å²) in [6, 6.07) is 0.442. The Morgan fingerprint density at radius 1 is 1.14 bits per heavy atom. The fourth-order valence-corrected chi connectivity index (χ4v) is 3.04. The van der Waals surface area contributed by atoms with E-state index in [1.807, 2.05) is 0 Å². The number of nitrogens with zero attached hydrogens (tertiary/aromatic N) is 1. The average Bonchev–Trinajstić information content (AvgIpc) is 2.83. The average molecular weight is 299 g/mol. The predicted molar refractivity (Wildman–Crippen MR) is 82.3 cm³/mol. The zero-order valence-electron chi connectivity index (χ0n) is 13.6. The van der Waals surface area contributed by atoms with E-state index in [0.29, 0.717) is 31.5 Å². The highest BCUT2D eigenvalue weighted by Gasteiger charge is 2.42. The highest BCUT2D eigenvalue weighted by atomic mass is 16.4. The van der Waals surface area contributed by atoms with Gasteiger partial charge in [0.25, 0.3) is 0 Å². The Kier molecular flexibility index (Phi) is 6.45. The van der Waals surface area contributed by atoms with E-state index in [-0.39, 0.29) is 6.03 Å². The van der Waals surface area contributed by atoms with Crippen LogP contribution in [0.25, 0.3) is 0 Å². The summed E-state index contributed by atoms with van der Waals surface area (Å²) in [5.41, 5.74) is -1.07. The van der Waals surface area contributed by atoms with E-state index in [4.69, 9.17) is 0 Å². The van der Waals surface area contributed by atoms with E-state index in [1.54, 1.807) is 0 Å². The predicted octanol–water partition coefficient (Wildman–Crippen LogP) is 1.80. The van der Waals surface area contributed by atoms with Gasteiger partial charge in [0, 0.05) is 25.2 Å².